The fourth-order valence-corrected chi connectivity index (χ4v) is 3.65. The van der Waals surface area contributed by atoms with Crippen LogP contribution in [0.25, 0.3) is 0 Å². The van der Waals surface area contributed by atoms with Crippen LogP contribution in [0.2, 0.25) is 0 Å². The highest BCUT2D eigenvalue weighted by atomic mass is 16.1. The maximum Gasteiger partial charge on any atom is 0.275 e. The Bertz CT molecular complexity index is 964. The number of carbonyl (C=O) groups is 1. The Balaban J connectivity index is 1.57. The Hall–Kier alpha value is -3.19. The number of hydrogen-bond donors (Lipinski definition) is 1. The third-order valence-electron chi connectivity index (χ3n) is 5.01. The number of aryl methyl sites for hydroxylation is 1. The molecule has 1 aliphatic rings. The minimum absolute atomic E-state index is 0.0760. The lowest BCUT2D eigenvalue weighted by molar-refractivity contribution is 0.101. The molecule has 0 spiro atoms. The zero-order chi connectivity index (χ0) is 20.1. The van der Waals surface area contributed by atoms with Gasteiger partial charge in [0.2, 0.25) is 0 Å². The second-order valence-electron chi connectivity index (χ2n) is 7.22. The lowest BCUT2D eigenvalue weighted by Gasteiger charge is -2.34. The Morgan fingerprint density at radius 1 is 1.10 bits per heavy atom. The zero-order valence-electron chi connectivity index (χ0n) is 16.5. The maximum absolute atomic E-state index is 12.7. The largest absolute Gasteiger partial charge is 0.305 e. The SMILES string of the molecule is Cc1cc(C(=O)Nc2ccccn2)nc(C2CCCCN2Cc2ccccn2)n1. The third kappa shape index (κ3) is 4.81. The Morgan fingerprint density at radius 2 is 1.93 bits per heavy atom. The second kappa shape index (κ2) is 8.87. The number of likely N-dealkylation sites (tertiary alicyclic amines) is 1. The van der Waals surface area contributed by atoms with Crippen molar-refractivity contribution in [2.45, 2.75) is 38.8 Å². The number of carbonyl (C=O) groups excluding carboxylic acids is 1. The van der Waals surface area contributed by atoms with Gasteiger partial charge in [0, 0.05) is 24.6 Å². The summed E-state index contributed by atoms with van der Waals surface area (Å²) in [4.78, 5) is 33.0. The van der Waals surface area contributed by atoms with Crippen molar-refractivity contribution in [2.24, 2.45) is 0 Å². The molecule has 1 saturated heterocycles. The first-order valence-corrected chi connectivity index (χ1v) is 9.91. The van der Waals surface area contributed by atoms with Crippen LogP contribution in [0.5, 0.6) is 0 Å². The highest BCUT2D eigenvalue weighted by Crippen LogP contribution is 2.30. The molecule has 4 heterocycles. The Morgan fingerprint density at radius 3 is 2.69 bits per heavy atom. The van der Waals surface area contributed by atoms with Crippen LogP contribution in [0.3, 0.4) is 0 Å². The molecule has 1 fully saturated rings. The average Bonchev–Trinajstić information content (AvgIpc) is 2.75. The summed E-state index contributed by atoms with van der Waals surface area (Å²) in [7, 11) is 0. The van der Waals surface area contributed by atoms with E-state index in [0.717, 1.165) is 43.7 Å². The number of piperidine rings is 1. The smallest absolute Gasteiger partial charge is 0.275 e. The van der Waals surface area contributed by atoms with Gasteiger partial charge in [-0.25, -0.2) is 15.0 Å². The molecule has 1 N–H and O–H groups in total. The third-order valence-corrected chi connectivity index (χ3v) is 5.01. The fourth-order valence-electron chi connectivity index (χ4n) is 3.65. The monoisotopic (exact) mass is 388 g/mol. The van der Waals surface area contributed by atoms with Gasteiger partial charge >= 0.3 is 0 Å². The van der Waals surface area contributed by atoms with E-state index >= 15 is 0 Å². The molecule has 4 rings (SSSR count). The molecule has 0 bridgehead atoms. The van der Waals surface area contributed by atoms with Gasteiger partial charge in [-0.15, -0.1) is 0 Å². The van der Waals surface area contributed by atoms with Crippen LogP contribution in [0.1, 0.15) is 53.0 Å². The van der Waals surface area contributed by atoms with E-state index in [1.165, 1.54) is 0 Å². The maximum atomic E-state index is 12.7. The van der Waals surface area contributed by atoms with Crippen LogP contribution in [0.4, 0.5) is 5.82 Å². The van der Waals surface area contributed by atoms with Crippen molar-refractivity contribution in [3.63, 3.8) is 0 Å². The zero-order valence-corrected chi connectivity index (χ0v) is 16.5. The molecule has 0 aromatic carbocycles. The molecule has 148 valence electrons. The van der Waals surface area contributed by atoms with Crippen molar-refractivity contribution in [2.75, 3.05) is 11.9 Å². The van der Waals surface area contributed by atoms with Crippen LogP contribution in [0.15, 0.2) is 54.9 Å². The number of pyridine rings is 2. The van der Waals surface area contributed by atoms with Crippen LogP contribution >= 0.6 is 0 Å². The predicted octanol–water partition coefficient (Wildman–Crippen LogP) is 3.55. The van der Waals surface area contributed by atoms with Gasteiger partial charge in [-0.1, -0.05) is 18.6 Å². The van der Waals surface area contributed by atoms with Crippen molar-refractivity contribution >= 4 is 11.7 Å². The fraction of sp³-hybridized carbons (Fsp3) is 0.318. The summed E-state index contributed by atoms with van der Waals surface area (Å²) in [5, 5.41) is 2.80. The number of nitrogens with zero attached hydrogens (tertiary/aromatic N) is 5. The highest BCUT2D eigenvalue weighted by Gasteiger charge is 2.27. The quantitative estimate of drug-likeness (QED) is 0.720. The highest BCUT2D eigenvalue weighted by molar-refractivity contribution is 6.02. The summed E-state index contributed by atoms with van der Waals surface area (Å²) in [5.41, 5.74) is 2.17. The van der Waals surface area contributed by atoms with Crippen molar-refractivity contribution in [3.8, 4) is 0 Å². The van der Waals surface area contributed by atoms with Gasteiger partial charge < -0.3 is 5.32 Å². The van der Waals surface area contributed by atoms with Gasteiger partial charge in [-0.2, -0.15) is 0 Å². The van der Waals surface area contributed by atoms with Gasteiger partial charge in [0.15, 0.2) is 0 Å². The molecule has 0 radical (unpaired) electrons. The molecule has 1 aliphatic heterocycles. The second-order valence-corrected chi connectivity index (χ2v) is 7.22. The predicted molar refractivity (Wildman–Crippen MR) is 110 cm³/mol. The number of anilines is 1. The van der Waals surface area contributed by atoms with E-state index in [0.29, 0.717) is 17.3 Å². The lowest BCUT2D eigenvalue weighted by atomic mass is 10.0. The van der Waals surface area contributed by atoms with Crippen molar-refractivity contribution < 1.29 is 4.79 Å². The number of nitrogens with one attached hydrogen (secondary N) is 1. The standard InChI is InChI=1S/C22H24N6O/c1-16-14-18(22(29)27-20-10-3-6-12-24-20)26-21(25-16)19-9-4-7-13-28(19)15-17-8-2-5-11-23-17/h2-3,5-6,8,10-12,14,19H,4,7,9,13,15H2,1H3,(H,24,27,29). The first kappa shape index (κ1) is 19.1. The topological polar surface area (TPSA) is 83.9 Å². The first-order valence-electron chi connectivity index (χ1n) is 9.91. The molecule has 7 nitrogen and oxygen atoms in total. The molecule has 1 amide bonds. The van der Waals surface area contributed by atoms with E-state index in [-0.39, 0.29) is 11.9 Å². The Labute approximate surface area is 170 Å². The molecule has 3 aromatic heterocycles. The summed E-state index contributed by atoms with van der Waals surface area (Å²) >= 11 is 0. The van der Waals surface area contributed by atoms with Crippen LogP contribution < -0.4 is 5.32 Å². The van der Waals surface area contributed by atoms with Crippen molar-refractivity contribution in [1.29, 1.82) is 0 Å². The van der Waals surface area contributed by atoms with Gasteiger partial charge in [0.05, 0.1) is 11.7 Å². The number of amides is 1. The summed E-state index contributed by atoms with van der Waals surface area (Å²) < 4.78 is 0. The molecular formula is C22H24N6O. The minimum atomic E-state index is -0.275. The van der Waals surface area contributed by atoms with Crippen LogP contribution in [-0.4, -0.2) is 37.3 Å². The first-order chi connectivity index (χ1) is 14.2. The molecule has 1 atom stereocenters. The Kier molecular flexibility index (Phi) is 5.86. The van der Waals surface area contributed by atoms with E-state index in [1.807, 2.05) is 43.5 Å². The molecule has 0 aliphatic carbocycles. The van der Waals surface area contributed by atoms with Gasteiger partial charge in [0.1, 0.15) is 17.3 Å². The van der Waals surface area contributed by atoms with Crippen molar-refractivity contribution in [1.82, 2.24) is 24.8 Å². The van der Waals surface area contributed by atoms with E-state index in [2.05, 4.69) is 30.2 Å². The summed E-state index contributed by atoms with van der Waals surface area (Å²) in [5.74, 6) is 0.930. The normalized spacial score (nSPS) is 17.1. The van der Waals surface area contributed by atoms with E-state index in [9.17, 15) is 4.79 Å². The minimum Gasteiger partial charge on any atom is -0.305 e. The van der Waals surface area contributed by atoms with Gasteiger partial charge in [-0.05, 0) is 56.6 Å². The number of rotatable bonds is 5. The van der Waals surface area contributed by atoms with Gasteiger partial charge in [0.25, 0.3) is 5.91 Å². The average molecular weight is 388 g/mol. The molecule has 3 aromatic rings. The summed E-state index contributed by atoms with van der Waals surface area (Å²) in [6, 6.07) is 13.1. The summed E-state index contributed by atoms with van der Waals surface area (Å²) in [6.45, 7) is 3.61. The molecule has 1 unspecified atom stereocenters. The number of aromatic nitrogens is 4. The summed E-state index contributed by atoms with van der Waals surface area (Å²) in [6.07, 6.45) is 6.69. The lowest BCUT2D eigenvalue weighted by Crippen LogP contribution is -2.34. The van der Waals surface area contributed by atoms with Crippen LogP contribution in [-0.2, 0) is 6.54 Å². The molecule has 7 heteroatoms. The molecular weight excluding hydrogens is 364 g/mol. The van der Waals surface area contributed by atoms with E-state index < -0.39 is 0 Å². The molecule has 0 saturated carbocycles. The van der Waals surface area contributed by atoms with E-state index in [1.54, 1.807) is 18.3 Å². The van der Waals surface area contributed by atoms with Gasteiger partial charge in [-0.3, -0.25) is 14.7 Å². The van der Waals surface area contributed by atoms with Crippen LogP contribution in [0, 0.1) is 6.92 Å². The number of hydrogen-bond acceptors (Lipinski definition) is 6. The van der Waals surface area contributed by atoms with Crippen molar-refractivity contribution in [3.05, 3.63) is 77.8 Å². The molecule has 29 heavy (non-hydrogen) atoms. The van der Waals surface area contributed by atoms with E-state index in [4.69, 9.17) is 0 Å².